The van der Waals surface area contributed by atoms with E-state index in [2.05, 4.69) is 20.4 Å². The van der Waals surface area contributed by atoms with Crippen LogP contribution in [0.2, 0.25) is 0 Å². The van der Waals surface area contributed by atoms with Crippen LogP contribution < -0.4 is 11.1 Å². The van der Waals surface area contributed by atoms with E-state index in [9.17, 15) is 4.79 Å². The van der Waals surface area contributed by atoms with E-state index in [-0.39, 0.29) is 11.7 Å². The van der Waals surface area contributed by atoms with Gasteiger partial charge in [0.1, 0.15) is 5.41 Å². The fourth-order valence-corrected chi connectivity index (χ4v) is 1.50. The molecular formula is C11H19N5O2. The number of nitrogens with zero attached hydrogens (tertiary/aromatic N) is 2. The van der Waals surface area contributed by atoms with E-state index in [1.54, 1.807) is 19.4 Å². The Balaban J connectivity index is 2.53. The molecule has 1 atom stereocenters. The van der Waals surface area contributed by atoms with E-state index in [0.29, 0.717) is 19.4 Å². The molecule has 0 fully saturated rings. The minimum Gasteiger partial charge on any atom is -0.409 e. The minimum atomic E-state index is -0.983. The number of aromatic nitrogens is 2. The number of H-pyrrole nitrogens is 1. The lowest BCUT2D eigenvalue weighted by atomic mass is 9.85. The van der Waals surface area contributed by atoms with Gasteiger partial charge in [-0.05, 0) is 13.3 Å². The number of imidazole rings is 1. The fraction of sp³-hybridized carbons (Fsp3) is 0.545. The lowest BCUT2D eigenvalue weighted by Crippen LogP contribution is -2.48. The highest BCUT2D eigenvalue weighted by atomic mass is 16.4. The Bertz CT molecular complexity index is 415. The third-order valence-corrected chi connectivity index (χ3v) is 3.12. The number of aromatic amines is 1. The summed E-state index contributed by atoms with van der Waals surface area (Å²) < 4.78 is 0. The van der Waals surface area contributed by atoms with E-state index < -0.39 is 5.41 Å². The van der Waals surface area contributed by atoms with Gasteiger partial charge in [-0.2, -0.15) is 0 Å². The smallest absolute Gasteiger partial charge is 0.233 e. The number of amides is 1. The second kappa shape index (κ2) is 6.04. The normalized spacial score (nSPS) is 15.1. The largest absolute Gasteiger partial charge is 0.409 e. The van der Waals surface area contributed by atoms with Crippen molar-refractivity contribution in [2.75, 3.05) is 6.54 Å². The Labute approximate surface area is 105 Å². The molecular weight excluding hydrogens is 234 g/mol. The van der Waals surface area contributed by atoms with Crippen molar-refractivity contribution in [3.8, 4) is 0 Å². The van der Waals surface area contributed by atoms with Crippen LogP contribution in [0, 0.1) is 5.41 Å². The number of oxime groups is 1. The number of nitrogens with two attached hydrogens (primary N) is 1. The molecule has 5 N–H and O–H groups in total. The van der Waals surface area contributed by atoms with Crippen LogP contribution in [0.1, 0.15) is 26.0 Å². The summed E-state index contributed by atoms with van der Waals surface area (Å²) in [5, 5.41) is 14.4. The van der Waals surface area contributed by atoms with Crippen molar-refractivity contribution in [3.05, 3.63) is 18.2 Å². The Morgan fingerprint density at radius 3 is 2.94 bits per heavy atom. The van der Waals surface area contributed by atoms with Gasteiger partial charge in [-0.1, -0.05) is 12.1 Å². The molecule has 7 heteroatoms. The summed E-state index contributed by atoms with van der Waals surface area (Å²) >= 11 is 0. The van der Waals surface area contributed by atoms with Gasteiger partial charge in [0.25, 0.3) is 0 Å². The Hall–Kier alpha value is -2.05. The number of carbonyl (C=O) groups is 1. The lowest BCUT2D eigenvalue weighted by molar-refractivity contribution is -0.127. The highest BCUT2D eigenvalue weighted by Gasteiger charge is 2.36. The molecule has 1 unspecified atom stereocenters. The number of amidine groups is 1. The summed E-state index contributed by atoms with van der Waals surface area (Å²) in [7, 11) is 0. The van der Waals surface area contributed by atoms with Gasteiger partial charge in [-0.25, -0.2) is 4.98 Å². The van der Waals surface area contributed by atoms with E-state index >= 15 is 0 Å². The van der Waals surface area contributed by atoms with Crippen molar-refractivity contribution in [3.63, 3.8) is 0 Å². The third kappa shape index (κ3) is 2.99. The van der Waals surface area contributed by atoms with Crippen LogP contribution in [0.15, 0.2) is 17.7 Å². The van der Waals surface area contributed by atoms with Crippen molar-refractivity contribution in [1.82, 2.24) is 15.3 Å². The van der Waals surface area contributed by atoms with E-state index in [0.717, 1.165) is 5.69 Å². The van der Waals surface area contributed by atoms with Gasteiger partial charge in [0.15, 0.2) is 5.84 Å². The molecule has 0 spiro atoms. The first kappa shape index (κ1) is 14.0. The van der Waals surface area contributed by atoms with Crippen molar-refractivity contribution in [2.24, 2.45) is 16.3 Å². The summed E-state index contributed by atoms with van der Waals surface area (Å²) in [4.78, 5) is 18.8. The summed E-state index contributed by atoms with van der Waals surface area (Å²) in [6.45, 7) is 3.93. The zero-order chi connectivity index (χ0) is 13.6. The van der Waals surface area contributed by atoms with Crippen LogP contribution in [-0.4, -0.2) is 33.5 Å². The summed E-state index contributed by atoms with van der Waals surface area (Å²) in [5.74, 6) is -0.330. The second-order valence-electron chi connectivity index (χ2n) is 4.25. The number of rotatable bonds is 6. The standard InChI is InChI=1S/C11H19N5O2/c1-3-11(2,9(12)16-18)10(17)14-5-4-8-6-13-7-15-8/h6-7,18H,3-5H2,1-2H3,(H2,12,16)(H,13,15)(H,14,17). The average Bonchev–Trinajstić information content (AvgIpc) is 2.89. The molecule has 0 aliphatic carbocycles. The van der Waals surface area contributed by atoms with Gasteiger partial charge in [-0.3, -0.25) is 4.79 Å². The highest BCUT2D eigenvalue weighted by Crippen LogP contribution is 2.21. The molecule has 1 aromatic heterocycles. The van der Waals surface area contributed by atoms with Crippen LogP contribution in [0.25, 0.3) is 0 Å². The van der Waals surface area contributed by atoms with Crippen LogP contribution in [0.4, 0.5) is 0 Å². The molecule has 1 aromatic rings. The molecule has 0 saturated carbocycles. The molecule has 1 amide bonds. The summed E-state index contributed by atoms with van der Waals surface area (Å²) in [6.07, 6.45) is 4.40. The highest BCUT2D eigenvalue weighted by molar-refractivity contribution is 6.06. The first-order valence-electron chi connectivity index (χ1n) is 5.78. The van der Waals surface area contributed by atoms with Gasteiger partial charge < -0.3 is 21.2 Å². The van der Waals surface area contributed by atoms with Crippen molar-refractivity contribution in [1.29, 1.82) is 0 Å². The van der Waals surface area contributed by atoms with Crippen LogP contribution >= 0.6 is 0 Å². The molecule has 1 heterocycles. The Morgan fingerprint density at radius 2 is 2.44 bits per heavy atom. The van der Waals surface area contributed by atoms with Gasteiger partial charge in [0.2, 0.25) is 5.91 Å². The van der Waals surface area contributed by atoms with Gasteiger partial charge in [-0.15, -0.1) is 0 Å². The first-order valence-corrected chi connectivity index (χ1v) is 5.78. The molecule has 0 aromatic carbocycles. The van der Waals surface area contributed by atoms with E-state index in [1.165, 1.54) is 0 Å². The monoisotopic (exact) mass is 253 g/mol. The van der Waals surface area contributed by atoms with Gasteiger partial charge in [0, 0.05) is 24.9 Å². The third-order valence-electron chi connectivity index (χ3n) is 3.12. The average molecular weight is 253 g/mol. The van der Waals surface area contributed by atoms with E-state index in [4.69, 9.17) is 10.9 Å². The molecule has 7 nitrogen and oxygen atoms in total. The van der Waals surface area contributed by atoms with Gasteiger partial charge >= 0.3 is 0 Å². The zero-order valence-corrected chi connectivity index (χ0v) is 10.6. The molecule has 18 heavy (non-hydrogen) atoms. The summed E-state index contributed by atoms with van der Waals surface area (Å²) in [5.41, 5.74) is 5.51. The quantitative estimate of drug-likeness (QED) is 0.251. The zero-order valence-electron chi connectivity index (χ0n) is 10.6. The van der Waals surface area contributed by atoms with Crippen molar-refractivity contribution >= 4 is 11.7 Å². The Morgan fingerprint density at radius 1 is 1.72 bits per heavy atom. The van der Waals surface area contributed by atoms with Gasteiger partial charge in [0.05, 0.1) is 6.33 Å². The van der Waals surface area contributed by atoms with Crippen molar-refractivity contribution < 1.29 is 10.0 Å². The fourth-order valence-electron chi connectivity index (χ4n) is 1.50. The number of nitrogens with one attached hydrogen (secondary N) is 2. The number of hydrogen-bond acceptors (Lipinski definition) is 4. The maximum atomic E-state index is 12.0. The second-order valence-corrected chi connectivity index (χ2v) is 4.25. The minimum absolute atomic E-state index is 0.0796. The first-order chi connectivity index (χ1) is 8.54. The van der Waals surface area contributed by atoms with Crippen LogP contribution in [0.5, 0.6) is 0 Å². The number of hydrogen-bond donors (Lipinski definition) is 4. The molecule has 0 radical (unpaired) electrons. The summed E-state index contributed by atoms with van der Waals surface area (Å²) in [6, 6.07) is 0. The van der Waals surface area contributed by atoms with Crippen LogP contribution in [-0.2, 0) is 11.2 Å². The molecule has 100 valence electrons. The molecule has 0 bridgehead atoms. The predicted octanol–water partition coefficient (Wildman–Crippen LogP) is 0.231. The number of carbonyl (C=O) groups excluding carboxylic acids is 1. The molecule has 1 rings (SSSR count). The molecule has 0 aliphatic heterocycles. The topological polar surface area (TPSA) is 116 Å². The maximum absolute atomic E-state index is 12.0. The Kier molecular flexibility index (Phi) is 4.70. The molecule has 0 aliphatic rings. The predicted molar refractivity (Wildman–Crippen MR) is 67.1 cm³/mol. The van der Waals surface area contributed by atoms with Crippen molar-refractivity contribution in [2.45, 2.75) is 26.7 Å². The van der Waals surface area contributed by atoms with E-state index in [1.807, 2.05) is 6.92 Å². The maximum Gasteiger partial charge on any atom is 0.233 e. The molecule has 0 saturated heterocycles. The SMILES string of the molecule is CCC(C)(C(=O)NCCc1cnc[nH]1)C(N)=NO. The lowest BCUT2D eigenvalue weighted by Gasteiger charge is -2.25. The van der Waals surface area contributed by atoms with Crippen LogP contribution in [0.3, 0.4) is 0 Å².